The van der Waals surface area contributed by atoms with E-state index in [0.29, 0.717) is 5.04 Å². The van der Waals surface area contributed by atoms with E-state index in [4.69, 9.17) is 0 Å². The van der Waals surface area contributed by atoms with Crippen LogP contribution in [0, 0.1) is 0 Å². The van der Waals surface area contributed by atoms with Crippen molar-refractivity contribution in [1.82, 2.24) is 0 Å². The molecule has 1 rings (SSSR count). The Morgan fingerprint density at radius 2 is 1.33 bits per heavy atom. The molecular formula is C11H22Si. The summed E-state index contributed by atoms with van der Waals surface area (Å²) in [5.41, 5.74) is 0. The van der Waals surface area contributed by atoms with Crippen LogP contribution in [0.1, 0.15) is 27.2 Å². The van der Waals surface area contributed by atoms with E-state index in [0.717, 1.165) is 6.42 Å². The van der Waals surface area contributed by atoms with Crippen LogP contribution in [0.15, 0.2) is 24.3 Å². The third kappa shape index (κ3) is 6.41. The fraction of sp³-hybridized carbons (Fsp3) is 0.636. The summed E-state index contributed by atoms with van der Waals surface area (Å²) in [7, 11) is -0.359. The lowest BCUT2D eigenvalue weighted by molar-refractivity contribution is 0.742. The third-order valence-electron chi connectivity index (χ3n) is 2.39. The van der Waals surface area contributed by atoms with Crippen LogP contribution in [-0.2, 0) is 0 Å². The highest BCUT2D eigenvalue weighted by Crippen LogP contribution is 2.25. The quantitative estimate of drug-likeness (QED) is 0.500. The van der Waals surface area contributed by atoms with Crippen molar-refractivity contribution >= 4 is 8.80 Å². The van der Waals surface area contributed by atoms with E-state index >= 15 is 0 Å². The van der Waals surface area contributed by atoms with Crippen molar-refractivity contribution in [3.63, 3.8) is 0 Å². The molecule has 0 atom stereocenters. The number of allylic oxidation sites excluding steroid dienone is 4. The predicted octanol–water partition coefficient (Wildman–Crippen LogP) is 3.78. The lowest BCUT2D eigenvalue weighted by Gasteiger charge is -2.21. The first-order chi connectivity index (χ1) is 5.44. The Kier molecular flexibility index (Phi) is 5.23. The fourth-order valence-corrected chi connectivity index (χ4v) is 0.393. The molecule has 0 N–H and O–H groups in total. The molecule has 70 valence electrons. The number of hydrogen-bond donors (Lipinski definition) is 0. The molecule has 0 aromatic heterocycles. The minimum atomic E-state index is -0.359. The Labute approximate surface area is 79.0 Å². The monoisotopic (exact) mass is 182 g/mol. The SMILES string of the molecule is C1=CCC=C1.C[SiH](C)C(C)(C)C. The lowest BCUT2D eigenvalue weighted by atomic mass is 10.2. The van der Waals surface area contributed by atoms with Gasteiger partial charge in [0.1, 0.15) is 0 Å². The first-order valence-corrected chi connectivity index (χ1v) is 7.65. The topological polar surface area (TPSA) is 0 Å². The van der Waals surface area contributed by atoms with Crippen molar-refractivity contribution in [2.45, 2.75) is 45.3 Å². The van der Waals surface area contributed by atoms with Crippen molar-refractivity contribution in [3.05, 3.63) is 24.3 Å². The number of hydrogen-bond acceptors (Lipinski definition) is 0. The van der Waals surface area contributed by atoms with Crippen LogP contribution in [0.4, 0.5) is 0 Å². The molecule has 0 amide bonds. The molecule has 0 spiro atoms. The van der Waals surface area contributed by atoms with Gasteiger partial charge in [-0.1, -0.05) is 58.2 Å². The lowest BCUT2D eigenvalue weighted by Crippen LogP contribution is -2.16. The highest BCUT2D eigenvalue weighted by molar-refractivity contribution is 6.59. The van der Waals surface area contributed by atoms with E-state index in [9.17, 15) is 0 Å². The molecule has 0 fully saturated rings. The first kappa shape index (κ1) is 11.7. The second kappa shape index (κ2) is 5.36. The molecule has 1 heteroatoms. The van der Waals surface area contributed by atoms with Gasteiger partial charge in [-0.15, -0.1) is 0 Å². The zero-order valence-corrected chi connectivity index (χ0v) is 10.2. The van der Waals surface area contributed by atoms with Crippen LogP contribution in [-0.4, -0.2) is 8.80 Å². The van der Waals surface area contributed by atoms with Crippen LogP contribution >= 0.6 is 0 Å². The Hall–Kier alpha value is -0.303. The fourth-order valence-electron chi connectivity index (χ4n) is 0.393. The van der Waals surface area contributed by atoms with Crippen LogP contribution in [0.3, 0.4) is 0 Å². The molecule has 0 heterocycles. The van der Waals surface area contributed by atoms with E-state index in [1.807, 2.05) is 0 Å². The average Bonchev–Trinajstić information content (AvgIpc) is 2.39. The molecule has 0 saturated heterocycles. The maximum absolute atomic E-state index is 2.39. The largest absolute Gasteiger partial charge is 0.0808 e. The van der Waals surface area contributed by atoms with Crippen LogP contribution in [0.25, 0.3) is 0 Å². The van der Waals surface area contributed by atoms with Crippen molar-refractivity contribution < 1.29 is 0 Å². The molecule has 0 nitrogen and oxygen atoms in total. The van der Waals surface area contributed by atoms with Gasteiger partial charge in [-0.05, 0) is 11.5 Å². The highest BCUT2D eigenvalue weighted by Gasteiger charge is 2.15. The van der Waals surface area contributed by atoms with Gasteiger partial charge in [0.15, 0.2) is 0 Å². The van der Waals surface area contributed by atoms with Gasteiger partial charge in [0.05, 0.1) is 0 Å². The zero-order chi connectivity index (χ0) is 9.61. The third-order valence-corrected chi connectivity index (χ3v) is 5.85. The van der Waals surface area contributed by atoms with Gasteiger partial charge >= 0.3 is 0 Å². The minimum absolute atomic E-state index is 0.359. The molecule has 12 heavy (non-hydrogen) atoms. The van der Waals surface area contributed by atoms with E-state index in [1.54, 1.807) is 0 Å². The van der Waals surface area contributed by atoms with Crippen LogP contribution in [0.5, 0.6) is 0 Å². The summed E-state index contributed by atoms with van der Waals surface area (Å²) < 4.78 is 0. The summed E-state index contributed by atoms with van der Waals surface area (Å²) in [6.45, 7) is 11.7. The van der Waals surface area contributed by atoms with E-state index in [-0.39, 0.29) is 8.80 Å². The van der Waals surface area contributed by atoms with Crippen molar-refractivity contribution in [1.29, 1.82) is 0 Å². The van der Waals surface area contributed by atoms with Gasteiger partial charge in [0.25, 0.3) is 0 Å². The average molecular weight is 182 g/mol. The molecule has 0 saturated carbocycles. The highest BCUT2D eigenvalue weighted by atomic mass is 28.3. The van der Waals surface area contributed by atoms with E-state index in [2.05, 4.69) is 58.2 Å². The molecule has 0 aromatic carbocycles. The van der Waals surface area contributed by atoms with Gasteiger partial charge in [0.2, 0.25) is 0 Å². The molecule has 0 aromatic rings. The van der Waals surface area contributed by atoms with Crippen LogP contribution < -0.4 is 0 Å². The summed E-state index contributed by atoms with van der Waals surface area (Å²) in [5.74, 6) is 0. The summed E-state index contributed by atoms with van der Waals surface area (Å²) >= 11 is 0. The normalized spacial score (nSPS) is 14.8. The van der Waals surface area contributed by atoms with Gasteiger partial charge in [-0.2, -0.15) is 0 Å². The standard InChI is InChI=1S/C6H16Si.C5H6/c1-6(2,3)7(4)5;1-2-4-5-3-1/h7H,1-5H3;1-4H,5H2. The number of rotatable bonds is 0. The van der Waals surface area contributed by atoms with Crippen molar-refractivity contribution in [2.75, 3.05) is 0 Å². The summed E-state index contributed by atoms with van der Waals surface area (Å²) in [6.07, 6.45) is 9.50. The molecule has 1 aliphatic carbocycles. The Morgan fingerprint density at radius 3 is 1.42 bits per heavy atom. The zero-order valence-electron chi connectivity index (χ0n) is 9.09. The maximum Gasteiger partial charge on any atom is 0.0361 e. The van der Waals surface area contributed by atoms with Crippen molar-refractivity contribution in [3.8, 4) is 0 Å². The van der Waals surface area contributed by atoms with E-state index < -0.39 is 0 Å². The smallest absolute Gasteiger partial charge is 0.0361 e. The van der Waals surface area contributed by atoms with Gasteiger partial charge in [-0.3, -0.25) is 0 Å². The maximum atomic E-state index is 2.39. The summed E-state index contributed by atoms with van der Waals surface area (Å²) in [6, 6.07) is 0. The van der Waals surface area contributed by atoms with Crippen molar-refractivity contribution in [2.24, 2.45) is 0 Å². The second-order valence-corrected chi connectivity index (χ2v) is 8.65. The Bertz CT molecular complexity index is 148. The first-order valence-electron chi connectivity index (χ1n) is 4.76. The molecule has 0 radical (unpaired) electrons. The second-order valence-electron chi connectivity index (χ2n) is 4.61. The minimum Gasteiger partial charge on any atom is -0.0808 e. The predicted molar refractivity (Wildman–Crippen MR) is 61.5 cm³/mol. The molecule has 0 bridgehead atoms. The van der Waals surface area contributed by atoms with E-state index in [1.165, 1.54) is 0 Å². The summed E-state index contributed by atoms with van der Waals surface area (Å²) in [5, 5.41) is 0.639. The summed E-state index contributed by atoms with van der Waals surface area (Å²) in [4.78, 5) is 0. The Balaban J connectivity index is 0.000000211. The molecule has 0 aliphatic heterocycles. The van der Waals surface area contributed by atoms with Crippen LogP contribution in [0.2, 0.25) is 18.1 Å². The molecule has 0 unspecified atom stereocenters. The van der Waals surface area contributed by atoms with Gasteiger partial charge in [0, 0.05) is 8.80 Å². The molecule has 1 aliphatic rings. The van der Waals surface area contributed by atoms with Gasteiger partial charge in [-0.25, -0.2) is 0 Å². The van der Waals surface area contributed by atoms with Gasteiger partial charge < -0.3 is 0 Å². The Morgan fingerprint density at radius 1 is 1.00 bits per heavy atom. The molecular weight excluding hydrogens is 160 g/mol.